The highest BCUT2D eigenvalue weighted by Crippen LogP contribution is 2.30. The minimum Gasteiger partial charge on any atom is -0.271 e. The number of benzene rings is 1. The van der Waals surface area contributed by atoms with Crippen LogP contribution in [0, 0.1) is 17.2 Å². The number of rotatable bonds is 5. The molecule has 0 heterocycles. The van der Waals surface area contributed by atoms with Gasteiger partial charge in [0.25, 0.3) is 0 Å². The van der Waals surface area contributed by atoms with Crippen molar-refractivity contribution in [3.8, 4) is 0 Å². The Kier molecular flexibility index (Phi) is 5.29. The Balaban J connectivity index is 2.71. The van der Waals surface area contributed by atoms with Crippen LogP contribution in [0.1, 0.15) is 52.1 Å². The second-order valence-corrected chi connectivity index (χ2v) is 6.35. The molecule has 1 aromatic rings. The maximum atomic E-state index is 13.7. The summed E-state index contributed by atoms with van der Waals surface area (Å²) in [5.41, 5.74) is 3.67. The summed E-state index contributed by atoms with van der Waals surface area (Å²) in [6.45, 7) is 8.85. The first-order valence-corrected chi connectivity index (χ1v) is 6.54. The quantitative estimate of drug-likeness (QED) is 0.618. The van der Waals surface area contributed by atoms with Crippen molar-refractivity contribution < 1.29 is 4.39 Å². The summed E-state index contributed by atoms with van der Waals surface area (Å²) in [6.07, 6.45) is 1.94. The molecular formula is C15H25FN2. The average Bonchev–Trinajstić information content (AvgIpc) is 2.24. The molecule has 2 nitrogen and oxygen atoms in total. The summed E-state index contributed by atoms with van der Waals surface area (Å²) < 4.78 is 13.7. The van der Waals surface area contributed by atoms with Gasteiger partial charge in [0.1, 0.15) is 5.82 Å². The zero-order valence-electron chi connectivity index (χ0n) is 11.8. The van der Waals surface area contributed by atoms with Crippen molar-refractivity contribution in [3.05, 3.63) is 35.6 Å². The molecule has 0 aliphatic heterocycles. The highest BCUT2D eigenvalue weighted by atomic mass is 19.1. The van der Waals surface area contributed by atoms with Crippen LogP contribution in [0.15, 0.2) is 24.3 Å². The van der Waals surface area contributed by atoms with E-state index in [1.807, 2.05) is 6.07 Å². The van der Waals surface area contributed by atoms with E-state index < -0.39 is 0 Å². The van der Waals surface area contributed by atoms with Crippen LogP contribution in [-0.4, -0.2) is 0 Å². The number of nitrogens with one attached hydrogen (secondary N) is 1. The molecule has 3 heteroatoms. The van der Waals surface area contributed by atoms with Gasteiger partial charge < -0.3 is 0 Å². The van der Waals surface area contributed by atoms with Gasteiger partial charge in [-0.15, -0.1) is 0 Å². The fraction of sp³-hybridized carbons (Fsp3) is 0.600. The van der Waals surface area contributed by atoms with E-state index in [0.29, 0.717) is 11.5 Å². The molecule has 102 valence electrons. The fourth-order valence-corrected chi connectivity index (χ4v) is 2.57. The first kappa shape index (κ1) is 15.1. The summed E-state index contributed by atoms with van der Waals surface area (Å²) in [5, 5.41) is 0. The summed E-state index contributed by atoms with van der Waals surface area (Å²) in [7, 11) is 0. The lowest BCUT2D eigenvalue weighted by atomic mass is 9.82. The lowest BCUT2D eigenvalue weighted by molar-refractivity contribution is 0.274. The molecule has 3 N–H and O–H groups in total. The third-order valence-corrected chi connectivity index (χ3v) is 3.08. The van der Waals surface area contributed by atoms with E-state index >= 15 is 0 Å². The van der Waals surface area contributed by atoms with Crippen LogP contribution >= 0.6 is 0 Å². The molecule has 18 heavy (non-hydrogen) atoms. The third kappa shape index (κ3) is 4.75. The number of nitrogens with two attached hydrogens (primary N) is 1. The lowest BCUT2D eigenvalue weighted by Crippen LogP contribution is -2.30. The molecule has 1 rings (SSSR count). The van der Waals surface area contributed by atoms with E-state index in [0.717, 1.165) is 12.8 Å². The van der Waals surface area contributed by atoms with E-state index in [2.05, 4.69) is 33.1 Å². The van der Waals surface area contributed by atoms with Crippen molar-refractivity contribution in [1.82, 2.24) is 5.43 Å². The maximum absolute atomic E-state index is 13.7. The molecule has 0 aliphatic carbocycles. The number of hydrogen-bond acceptors (Lipinski definition) is 2. The van der Waals surface area contributed by atoms with Crippen molar-refractivity contribution in [2.45, 2.75) is 46.6 Å². The van der Waals surface area contributed by atoms with Gasteiger partial charge >= 0.3 is 0 Å². The van der Waals surface area contributed by atoms with Crippen LogP contribution in [0.25, 0.3) is 0 Å². The standard InChI is InChI=1S/C15H25FN2/c1-11(10-15(2,3)4)9-14(18-17)12-7-5-6-8-13(12)16/h5-8,11,14,18H,9-10,17H2,1-4H3. The number of halogens is 1. The Hall–Kier alpha value is -0.930. The third-order valence-electron chi connectivity index (χ3n) is 3.08. The molecule has 0 amide bonds. The van der Waals surface area contributed by atoms with Gasteiger partial charge in [0.05, 0.1) is 0 Å². The Morgan fingerprint density at radius 3 is 2.39 bits per heavy atom. The summed E-state index contributed by atoms with van der Waals surface area (Å²) in [5.74, 6) is 5.87. The Bertz CT molecular complexity index is 371. The van der Waals surface area contributed by atoms with Gasteiger partial charge in [0, 0.05) is 11.6 Å². The topological polar surface area (TPSA) is 38.0 Å². The second-order valence-electron chi connectivity index (χ2n) is 6.35. The molecule has 2 unspecified atom stereocenters. The molecule has 0 radical (unpaired) electrons. The zero-order valence-corrected chi connectivity index (χ0v) is 11.8. The zero-order chi connectivity index (χ0) is 13.8. The van der Waals surface area contributed by atoms with Crippen LogP contribution in [0.4, 0.5) is 4.39 Å². The first-order valence-electron chi connectivity index (χ1n) is 6.54. The summed E-state index contributed by atoms with van der Waals surface area (Å²) in [4.78, 5) is 0. The number of hydrazine groups is 1. The van der Waals surface area contributed by atoms with E-state index in [4.69, 9.17) is 5.84 Å². The van der Waals surface area contributed by atoms with E-state index in [1.165, 1.54) is 6.07 Å². The van der Waals surface area contributed by atoms with Crippen molar-refractivity contribution in [3.63, 3.8) is 0 Å². The van der Waals surface area contributed by atoms with Gasteiger partial charge in [-0.3, -0.25) is 11.3 Å². The van der Waals surface area contributed by atoms with Crippen molar-refractivity contribution in [2.75, 3.05) is 0 Å². The van der Waals surface area contributed by atoms with Crippen LogP contribution in [-0.2, 0) is 0 Å². The molecule has 1 aromatic carbocycles. The molecule has 0 fully saturated rings. The van der Waals surface area contributed by atoms with Crippen molar-refractivity contribution in [2.24, 2.45) is 17.2 Å². The Morgan fingerprint density at radius 1 is 1.28 bits per heavy atom. The van der Waals surface area contributed by atoms with E-state index in [1.54, 1.807) is 12.1 Å². The van der Waals surface area contributed by atoms with Crippen LogP contribution in [0.2, 0.25) is 0 Å². The molecule has 0 saturated heterocycles. The fourth-order valence-electron chi connectivity index (χ4n) is 2.57. The Morgan fingerprint density at radius 2 is 1.89 bits per heavy atom. The maximum Gasteiger partial charge on any atom is 0.128 e. The summed E-state index contributed by atoms with van der Waals surface area (Å²) >= 11 is 0. The van der Waals surface area contributed by atoms with Gasteiger partial charge in [0.15, 0.2) is 0 Å². The average molecular weight is 252 g/mol. The highest BCUT2D eigenvalue weighted by Gasteiger charge is 2.21. The van der Waals surface area contributed by atoms with Gasteiger partial charge in [-0.1, -0.05) is 45.9 Å². The lowest BCUT2D eigenvalue weighted by Gasteiger charge is -2.26. The largest absolute Gasteiger partial charge is 0.271 e. The van der Waals surface area contributed by atoms with Crippen LogP contribution in [0.5, 0.6) is 0 Å². The molecule has 2 atom stereocenters. The number of hydrogen-bond donors (Lipinski definition) is 2. The predicted octanol–water partition coefficient (Wildman–Crippen LogP) is 3.79. The molecule has 0 spiro atoms. The highest BCUT2D eigenvalue weighted by molar-refractivity contribution is 5.21. The molecule has 0 bridgehead atoms. The minimum absolute atomic E-state index is 0.122. The van der Waals surface area contributed by atoms with Crippen LogP contribution < -0.4 is 11.3 Å². The van der Waals surface area contributed by atoms with Gasteiger partial charge in [0.2, 0.25) is 0 Å². The normalized spacial score (nSPS) is 15.4. The van der Waals surface area contributed by atoms with Crippen molar-refractivity contribution in [1.29, 1.82) is 0 Å². The monoisotopic (exact) mass is 252 g/mol. The van der Waals surface area contributed by atoms with E-state index in [-0.39, 0.29) is 17.3 Å². The Labute approximate surface area is 110 Å². The minimum atomic E-state index is -0.191. The molecule has 0 aliphatic rings. The SMILES string of the molecule is CC(CC(NN)c1ccccc1F)CC(C)(C)C. The molecule has 0 aromatic heterocycles. The van der Waals surface area contributed by atoms with Crippen LogP contribution in [0.3, 0.4) is 0 Å². The van der Waals surface area contributed by atoms with Gasteiger partial charge in [-0.25, -0.2) is 4.39 Å². The first-order chi connectivity index (χ1) is 8.33. The van der Waals surface area contributed by atoms with Gasteiger partial charge in [-0.05, 0) is 30.2 Å². The summed E-state index contributed by atoms with van der Waals surface area (Å²) in [6, 6.07) is 6.70. The van der Waals surface area contributed by atoms with E-state index in [9.17, 15) is 4.39 Å². The smallest absolute Gasteiger partial charge is 0.128 e. The molecule has 0 saturated carbocycles. The molecular weight excluding hydrogens is 227 g/mol. The van der Waals surface area contributed by atoms with Crippen molar-refractivity contribution >= 4 is 0 Å². The predicted molar refractivity (Wildman–Crippen MR) is 74.3 cm³/mol. The van der Waals surface area contributed by atoms with Gasteiger partial charge in [-0.2, -0.15) is 0 Å². The second kappa shape index (κ2) is 6.30.